The molecular formula is C22H24N2O6. The fraction of sp³-hybridized carbons (Fsp3) is 0.318. The van der Waals surface area contributed by atoms with Gasteiger partial charge in [-0.3, -0.25) is 4.79 Å². The number of esters is 1. The molecule has 158 valence electrons. The van der Waals surface area contributed by atoms with Crippen LogP contribution >= 0.6 is 0 Å². The Hall–Kier alpha value is -3.55. The highest BCUT2D eigenvalue weighted by atomic mass is 16.6. The fourth-order valence-electron chi connectivity index (χ4n) is 2.73. The SMILES string of the molecule is COc1ccc(-c2noc(COC(=O)CCCOc3cccc(C)c3)n2)c(OC)c1. The minimum atomic E-state index is -0.357. The zero-order chi connectivity index (χ0) is 21.3. The first-order valence-corrected chi connectivity index (χ1v) is 9.49. The molecule has 0 aliphatic heterocycles. The van der Waals surface area contributed by atoms with Crippen molar-refractivity contribution in [1.29, 1.82) is 0 Å². The van der Waals surface area contributed by atoms with Crippen molar-refractivity contribution < 1.29 is 28.3 Å². The second kappa shape index (κ2) is 10.3. The lowest BCUT2D eigenvalue weighted by Gasteiger charge is -2.07. The number of ether oxygens (including phenoxy) is 4. The molecule has 2 aromatic carbocycles. The maximum Gasteiger partial charge on any atom is 0.306 e. The summed E-state index contributed by atoms with van der Waals surface area (Å²) in [6, 6.07) is 13.0. The van der Waals surface area contributed by atoms with Crippen molar-refractivity contribution in [2.45, 2.75) is 26.4 Å². The molecule has 0 N–H and O–H groups in total. The van der Waals surface area contributed by atoms with Crippen LogP contribution in [0, 0.1) is 6.92 Å². The lowest BCUT2D eigenvalue weighted by atomic mass is 10.2. The molecule has 3 aromatic rings. The number of benzene rings is 2. The van der Waals surface area contributed by atoms with Gasteiger partial charge in [-0.1, -0.05) is 17.3 Å². The standard InChI is InChI=1S/C22H24N2O6/c1-15-6-4-7-17(12-15)28-11-5-8-21(25)29-14-20-23-22(24-30-20)18-10-9-16(26-2)13-19(18)27-3/h4,6-7,9-10,12-13H,5,8,11,14H2,1-3H3. The molecule has 0 radical (unpaired) electrons. The van der Waals surface area contributed by atoms with Crippen LogP contribution < -0.4 is 14.2 Å². The number of rotatable bonds is 10. The molecule has 0 aliphatic rings. The maximum atomic E-state index is 11.9. The number of hydrogen-bond acceptors (Lipinski definition) is 8. The summed E-state index contributed by atoms with van der Waals surface area (Å²) in [5.41, 5.74) is 1.77. The van der Waals surface area contributed by atoms with E-state index in [1.165, 1.54) is 0 Å². The largest absolute Gasteiger partial charge is 0.497 e. The Morgan fingerprint density at radius 2 is 1.93 bits per heavy atom. The molecule has 0 bridgehead atoms. The van der Waals surface area contributed by atoms with Gasteiger partial charge in [0.25, 0.3) is 5.89 Å². The third-order valence-corrected chi connectivity index (χ3v) is 4.26. The van der Waals surface area contributed by atoms with Gasteiger partial charge in [0.15, 0.2) is 6.61 Å². The lowest BCUT2D eigenvalue weighted by Crippen LogP contribution is -2.07. The van der Waals surface area contributed by atoms with Crippen molar-refractivity contribution in [3.8, 4) is 28.6 Å². The monoisotopic (exact) mass is 412 g/mol. The van der Waals surface area contributed by atoms with E-state index in [1.54, 1.807) is 32.4 Å². The molecule has 0 unspecified atom stereocenters. The van der Waals surface area contributed by atoms with Gasteiger partial charge in [-0.2, -0.15) is 4.98 Å². The van der Waals surface area contributed by atoms with E-state index in [1.807, 2.05) is 31.2 Å². The predicted molar refractivity (Wildman–Crippen MR) is 109 cm³/mol. The van der Waals surface area contributed by atoms with Gasteiger partial charge >= 0.3 is 5.97 Å². The lowest BCUT2D eigenvalue weighted by molar-refractivity contribution is -0.146. The number of methoxy groups -OCH3 is 2. The smallest absolute Gasteiger partial charge is 0.306 e. The number of carbonyl (C=O) groups is 1. The van der Waals surface area contributed by atoms with E-state index in [9.17, 15) is 4.79 Å². The highest BCUT2D eigenvalue weighted by molar-refractivity contribution is 5.69. The van der Waals surface area contributed by atoms with Crippen molar-refractivity contribution in [3.63, 3.8) is 0 Å². The first kappa shape index (κ1) is 21.2. The fourth-order valence-corrected chi connectivity index (χ4v) is 2.73. The van der Waals surface area contributed by atoms with Gasteiger partial charge < -0.3 is 23.5 Å². The third kappa shape index (κ3) is 5.73. The summed E-state index contributed by atoms with van der Waals surface area (Å²) in [5.74, 6) is 2.17. The van der Waals surface area contributed by atoms with Gasteiger partial charge in [-0.15, -0.1) is 0 Å². The predicted octanol–water partition coefficient (Wildman–Crippen LogP) is 3.96. The van der Waals surface area contributed by atoms with Crippen molar-refractivity contribution in [1.82, 2.24) is 10.1 Å². The van der Waals surface area contributed by atoms with Crippen LogP contribution in [0.3, 0.4) is 0 Å². The maximum absolute atomic E-state index is 11.9. The van der Waals surface area contributed by atoms with E-state index in [2.05, 4.69) is 10.1 Å². The molecule has 8 heteroatoms. The molecule has 0 fully saturated rings. The number of carbonyl (C=O) groups excluding carboxylic acids is 1. The van der Waals surface area contributed by atoms with Gasteiger partial charge in [0.1, 0.15) is 17.2 Å². The summed E-state index contributed by atoms with van der Waals surface area (Å²) < 4.78 is 26.5. The van der Waals surface area contributed by atoms with Crippen molar-refractivity contribution >= 4 is 5.97 Å². The summed E-state index contributed by atoms with van der Waals surface area (Å²) >= 11 is 0. The van der Waals surface area contributed by atoms with Crippen LogP contribution in [-0.2, 0) is 16.1 Å². The molecule has 8 nitrogen and oxygen atoms in total. The Kier molecular flexibility index (Phi) is 7.26. The van der Waals surface area contributed by atoms with Crippen LogP contribution in [0.2, 0.25) is 0 Å². The second-order valence-corrected chi connectivity index (χ2v) is 6.51. The van der Waals surface area contributed by atoms with E-state index in [0.29, 0.717) is 35.9 Å². The highest BCUT2D eigenvalue weighted by Crippen LogP contribution is 2.31. The summed E-state index contributed by atoms with van der Waals surface area (Å²) in [4.78, 5) is 16.2. The molecule has 1 aromatic heterocycles. The van der Waals surface area contributed by atoms with Crippen LogP contribution in [-0.4, -0.2) is 36.9 Å². The molecule has 0 amide bonds. The topological polar surface area (TPSA) is 92.9 Å². The van der Waals surface area contributed by atoms with Crippen molar-refractivity contribution in [2.24, 2.45) is 0 Å². The van der Waals surface area contributed by atoms with E-state index < -0.39 is 0 Å². The van der Waals surface area contributed by atoms with E-state index in [0.717, 1.165) is 11.3 Å². The molecular weight excluding hydrogens is 388 g/mol. The molecule has 0 spiro atoms. The Labute approximate surface area is 174 Å². The summed E-state index contributed by atoms with van der Waals surface area (Å²) in [6.07, 6.45) is 0.782. The van der Waals surface area contributed by atoms with Gasteiger partial charge in [0.05, 0.1) is 26.4 Å². The van der Waals surface area contributed by atoms with Gasteiger partial charge in [0.2, 0.25) is 5.82 Å². The van der Waals surface area contributed by atoms with Crippen LogP contribution in [0.5, 0.6) is 17.2 Å². The summed E-state index contributed by atoms with van der Waals surface area (Å²) in [6.45, 7) is 2.33. The van der Waals surface area contributed by atoms with Crippen LogP contribution in [0.15, 0.2) is 47.0 Å². The van der Waals surface area contributed by atoms with Gasteiger partial charge in [0, 0.05) is 12.5 Å². The average molecular weight is 412 g/mol. The Balaban J connectivity index is 1.45. The summed E-state index contributed by atoms with van der Waals surface area (Å²) in [7, 11) is 3.12. The van der Waals surface area contributed by atoms with Gasteiger partial charge in [-0.25, -0.2) is 0 Å². The third-order valence-electron chi connectivity index (χ3n) is 4.26. The Bertz CT molecular complexity index is 985. The first-order valence-electron chi connectivity index (χ1n) is 9.49. The Morgan fingerprint density at radius 3 is 2.70 bits per heavy atom. The second-order valence-electron chi connectivity index (χ2n) is 6.51. The molecule has 0 saturated carbocycles. The van der Waals surface area contributed by atoms with E-state index >= 15 is 0 Å². The quantitative estimate of drug-likeness (QED) is 0.365. The van der Waals surface area contributed by atoms with Gasteiger partial charge in [-0.05, 0) is 43.2 Å². The molecule has 0 atom stereocenters. The normalized spacial score (nSPS) is 10.5. The molecule has 0 aliphatic carbocycles. The number of aryl methyl sites for hydroxylation is 1. The molecule has 30 heavy (non-hydrogen) atoms. The minimum absolute atomic E-state index is 0.0942. The molecule has 3 rings (SSSR count). The van der Waals surface area contributed by atoms with Crippen LogP contribution in [0.1, 0.15) is 24.3 Å². The first-order chi connectivity index (χ1) is 14.6. The van der Waals surface area contributed by atoms with Crippen LogP contribution in [0.25, 0.3) is 11.4 Å². The van der Waals surface area contributed by atoms with E-state index in [-0.39, 0.29) is 24.9 Å². The minimum Gasteiger partial charge on any atom is -0.497 e. The zero-order valence-electron chi connectivity index (χ0n) is 17.2. The number of aromatic nitrogens is 2. The number of nitrogens with zero attached hydrogens (tertiary/aromatic N) is 2. The zero-order valence-corrected chi connectivity index (χ0v) is 17.2. The number of hydrogen-bond donors (Lipinski definition) is 0. The summed E-state index contributed by atoms with van der Waals surface area (Å²) in [5, 5.41) is 3.93. The Morgan fingerprint density at radius 1 is 1.07 bits per heavy atom. The van der Waals surface area contributed by atoms with E-state index in [4.69, 9.17) is 23.5 Å². The van der Waals surface area contributed by atoms with Crippen LogP contribution in [0.4, 0.5) is 0 Å². The van der Waals surface area contributed by atoms with Crippen molar-refractivity contribution in [2.75, 3.05) is 20.8 Å². The average Bonchev–Trinajstić information content (AvgIpc) is 3.23. The molecule has 0 saturated heterocycles. The molecule has 1 heterocycles. The van der Waals surface area contributed by atoms with Crippen molar-refractivity contribution in [3.05, 3.63) is 53.9 Å². The highest BCUT2D eigenvalue weighted by Gasteiger charge is 2.15.